The van der Waals surface area contributed by atoms with E-state index >= 15 is 0 Å². The van der Waals surface area contributed by atoms with Gasteiger partial charge < -0.3 is 14.5 Å². The highest BCUT2D eigenvalue weighted by molar-refractivity contribution is 5.74. The first kappa shape index (κ1) is 13.2. The van der Waals surface area contributed by atoms with E-state index in [0.717, 1.165) is 18.7 Å². The zero-order valence-electron chi connectivity index (χ0n) is 11.6. The lowest BCUT2D eigenvalue weighted by Crippen LogP contribution is -2.19. The quantitative estimate of drug-likeness (QED) is 0.769. The van der Waals surface area contributed by atoms with Crippen LogP contribution in [0.5, 0.6) is 0 Å². The van der Waals surface area contributed by atoms with E-state index < -0.39 is 5.82 Å². The summed E-state index contributed by atoms with van der Waals surface area (Å²) in [4.78, 5) is 8.21. The Balaban J connectivity index is 1.39. The van der Waals surface area contributed by atoms with Gasteiger partial charge in [-0.25, -0.2) is 9.37 Å². The maximum Gasteiger partial charge on any atom is 0.295 e. The van der Waals surface area contributed by atoms with E-state index in [1.165, 1.54) is 12.4 Å². The molecule has 0 aliphatic carbocycles. The van der Waals surface area contributed by atoms with Gasteiger partial charge in [0, 0.05) is 6.54 Å². The van der Waals surface area contributed by atoms with Gasteiger partial charge in [0.05, 0.1) is 6.10 Å². The number of para-hydroxylation sites is 1. The van der Waals surface area contributed by atoms with Crippen LogP contribution in [-0.2, 0) is 4.74 Å². The molecule has 0 amide bonds. The number of halogens is 1. The highest BCUT2D eigenvalue weighted by Crippen LogP contribution is 2.30. The number of oxazole rings is 1. The van der Waals surface area contributed by atoms with Crippen LogP contribution in [0.1, 0.15) is 24.8 Å². The molecule has 2 atom stereocenters. The third-order valence-corrected chi connectivity index (χ3v) is 3.70. The molecule has 1 aromatic carbocycles. The highest BCUT2D eigenvalue weighted by Gasteiger charge is 2.28. The lowest BCUT2D eigenvalue weighted by molar-refractivity contribution is 0.0470. The van der Waals surface area contributed by atoms with Gasteiger partial charge in [0.2, 0.25) is 0 Å². The topological polar surface area (TPSA) is 88.9 Å². The fourth-order valence-electron chi connectivity index (χ4n) is 2.62. The summed E-state index contributed by atoms with van der Waals surface area (Å²) in [6.45, 7) is 0.541. The second-order valence-electron chi connectivity index (χ2n) is 5.18. The van der Waals surface area contributed by atoms with Gasteiger partial charge in [-0.2, -0.15) is 10.1 Å². The number of anilines is 1. The average molecular weight is 303 g/mol. The van der Waals surface area contributed by atoms with Crippen LogP contribution in [0.4, 0.5) is 10.4 Å². The van der Waals surface area contributed by atoms with Gasteiger partial charge in [-0.15, -0.1) is 0 Å². The Labute approximate surface area is 124 Å². The Morgan fingerprint density at radius 1 is 1.36 bits per heavy atom. The molecular weight excluding hydrogens is 289 g/mol. The maximum absolute atomic E-state index is 13.6. The number of ether oxygens (including phenoxy) is 1. The van der Waals surface area contributed by atoms with Crippen molar-refractivity contribution in [1.82, 2.24) is 20.2 Å². The van der Waals surface area contributed by atoms with Gasteiger partial charge in [-0.3, -0.25) is 5.10 Å². The van der Waals surface area contributed by atoms with Gasteiger partial charge >= 0.3 is 0 Å². The van der Waals surface area contributed by atoms with Crippen LogP contribution < -0.4 is 5.32 Å². The Kier molecular flexibility index (Phi) is 3.23. The summed E-state index contributed by atoms with van der Waals surface area (Å²) in [6, 6.07) is 4.93. The molecular formula is C14H14FN5O2. The third kappa shape index (κ3) is 2.41. The molecule has 8 heteroatoms. The summed E-state index contributed by atoms with van der Waals surface area (Å²) in [5, 5.41) is 9.70. The molecule has 1 fully saturated rings. The number of hydrogen-bond donors (Lipinski definition) is 2. The van der Waals surface area contributed by atoms with Crippen LogP contribution in [0.3, 0.4) is 0 Å². The summed E-state index contributed by atoms with van der Waals surface area (Å²) in [7, 11) is 0. The molecule has 0 bridgehead atoms. The number of nitrogens with zero attached hydrogens (tertiary/aromatic N) is 3. The average Bonchev–Trinajstić information content (AvgIpc) is 3.25. The lowest BCUT2D eigenvalue weighted by atomic mass is 10.2. The number of benzene rings is 1. The van der Waals surface area contributed by atoms with Crippen molar-refractivity contribution in [2.45, 2.75) is 25.0 Å². The first-order chi connectivity index (χ1) is 10.8. The van der Waals surface area contributed by atoms with Crippen molar-refractivity contribution in [3.05, 3.63) is 36.2 Å². The third-order valence-electron chi connectivity index (χ3n) is 3.70. The van der Waals surface area contributed by atoms with E-state index in [9.17, 15) is 4.39 Å². The second-order valence-corrected chi connectivity index (χ2v) is 5.18. The number of aromatic nitrogens is 4. The predicted molar refractivity (Wildman–Crippen MR) is 75.7 cm³/mol. The molecule has 4 rings (SSSR count). The number of H-pyrrole nitrogens is 1. The Morgan fingerprint density at radius 3 is 3.14 bits per heavy atom. The minimum Gasteiger partial charge on any atom is -0.423 e. The van der Waals surface area contributed by atoms with Crippen LogP contribution in [0.25, 0.3) is 11.1 Å². The molecule has 2 aromatic heterocycles. The van der Waals surface area contributed by atoms with Crippen molar-refractivity contribution in [2.24, 2.45) is 0 Å². The van der Waals surface area contributed by atoms with Crippen LogP contribution in [0, 0.1) is 5.82 Å². The van der Waals surface area contributed by atoms with Crippen LogP contribution in [-0.4, -0.2) is 32.8 Å². The van der Waals surface area contributed by atoms with Gasteiger partial charge in [-0.05, 0) is 25.0 Å². The molecule has 1 aliphatic heterocycles. The number of hydrogen-bond acceptors (Lipinski definition) is 6. The van der Waals surface area contributed by atoms with Crippen molar-refractivity contribution < 1.29 is 13.5 Å². The summed E-state index contributed by atoms with van der Waals surface area (Å²) in [5.74, 6) is 0.350. The zero-order chi connectivity index (χ0) is 14.9. The highest BCUT2D eigenvalue weighted by atomic mass is 19.1. The second kappa shape index (κ2) is 5.38. The molecule has 3 aromatic rings. The smallest absolute Gasteiger partial charge is 0.295 e. The van der Waals surface area contributed by atoms with E-state index in [1.54, 1.807) is 12.1 Å². The Bertz CT molecular complexity index is 773. The van der Waals surface area contributed by atoms with Gasteiger partial charge in [-0.1, -0.05) is 6.07 Å². The Hall–Kier alpha value is -2.48. The molecule has 7 nitrogen and oxygen atoms in total. The van der Waals surface area contributed by atoms with E-state index in [2.05, 4.69) is 25.5 Å². The Morgan fingerprint density at radius 2 is 2.32 bits per heavy atom. The molecule has 2 N–H and O–H groups in total. The van der Waals surface area contributed by atoms with Crippen LogP contribution in [0.2, 0.25) is 0 Å². The van der Waals surface area contributed by atoms with Gasteiger partial charge in [0.1, 0.15) is 17.9 Å². The van der Waals surface area contributed by atoms with Gasteiger partial charge in [0.25, 0.3) is 6.01 Å². The van der Waals surface area contributed by atoms with Crippen LogP contribution in [0.15, 0.2) is 28.9 Å². The molecule has 1 saturated heterocycles. The molecule has 0 saturated carbocycles. The van der Waals surface area contributed by atoms with Crippen molar-refractivity contribution in [3.63, 3.8) is 0 Å². The number of nitrogens with one attached hydrogen (secondary N) is 2. The molecule has 3 heterocycles. The van der Waals surface area contributed by atoms with E-state index in [0.29, 0.717) is 18.1 Å². The first-order valence-electron chi connectivity index (χ1n) is 7.09. The van der Waals surface area contributed by atoms with Gasteiger partial charge in [0.15, 0.2) is 17.2 Å². The standard InChI is InChI=1S/C14H14FN5O2/c15-9-2-1-3-10-12(9)19-14(22-10)16-6-8-4-5-11(21-8)13-17-7-18-20-13/h1-3,7-8,11H,4-6H2,(H,16,19)(H,17,18,20)/t8-,11+/m1/s1. The van der Waals surface area contributed by atoms with Crippen molar-refractivity contribution >= 4 is 17.1 Å². The summed E-state index contributed by atoms with van der Waals surface area (Å²) in [5.41, 5.74) is 0.659. The van der Waals surface area contributed by atoms with Crippen molar-refractivity contribution in [3.8, 4) is 0 Å². The molecule has 1 aliphatic rings. The summed E-state index contributed by atoms with van der Waals surface area (Å²) in [6.07, 6.45) is 3.21. The minimum atomic E-state index is -0.392. The monoisotopic (exact) mass is 303 g/mol. The van der Waals surface area contributed by atoms with Crippen LogP contribution >= 0.6 is 0 Å². The largest absolute Gasteiger partial charge is 0.423 e. The SMILES string of the molecule is Fc1cccc2oc(NC[C@H]3CC[C@@H](c4ncn[nH]4)O3)nc12. The summed E-state index contributed by atoms with van der Waals surface area (Å²) < 4.78 is 24.9. The first-order valence-corrected chi connectivity index (χ1v) is 7.09. The fourth-order valence-corrected chi connectivity index (χ4v) is 2.62. The predicted octanol–water partition coefficient (Wildman–Crippen LogP) is 2.42. The van der Waals surface area contributed by atoms with E-state index in [4.69, 9.17) is 9.15 Å². The van der Waals surface area contributed by atoms with Crippen molar-refractivity contribution in [2.75, 3.05) is 11.9 Å². The molecule has 0 spiro atoms. The van der Waals surface area contributed by atoms with E-state index in [-0.39, 0.29) is 17.7 Å². The zero-order valence-corrected chi connectivity index (χ0v) is 11.6. The number of aromatic amines is 1. The van der Waals surface area contributed by atoms with Crippen molar-refractivity contribution in [1.29, 1.82) is 0 Å². The lowest BCUT2D eigenvalue weighted by Gasteiger charge is -2.11. The molecule has 0 radical (unpaired) electrons. The number of rotatable bonds is 4. The molecule has 0 unspecified atom stereocenters. The van der Waals surface area contributed by atoms with E-state index in [1.807, 2.05) is 0 Å². The fraction of sp³-hybridized carbons (Fsp3) is 0.357. The maximum atomic E-state index is 13.6. The summed E-state index contributed by atoms with van der Waals surface area (Å²) >= 11 is 0. The molecule has 22 heavy (non-hydrogen) atoms. The molecule has 114 valence electrons. The number of fused-ring (bicyclic) bond motifs is 1. The normalized spacial score (nSPS) is 21.5. The minimum absolute atomic E-state index is 0.0231.